The Labute approximate surface area is 137 Å². The van der Waals surface area contributed by atoms with Crippen molar-refractivity contribution >= 4 is 73.7 Å². The molecule has 14 heteroatoms. The minimum Gasteiger partial charge on any atom is -0.401 e. The maximum absolute atomic E-state index is 11.4. The fourth-order valence-corrected chi connectivity index (χ4v) is 3.86. The highest BCUT2D eigenvalue weighted by atomic mass is 35.5. The summed E-state index contributed by atoms with van der Waals surface area (Å²) >= 11 is 28.4. The molecule has 1 aromatic rings. The summed E-state index contributed by atoms with van der Waals surface area (Å²) in [4.78, 5) is 26.1. The number of hydrogen-bond donors (Lipinski definition) is 3. The van der Waals surface area contributed by atoms with Gasteiger partial charge in [-0.2, -0.15) is 4.31 Å². The van der Waals surface area contributed by atoms with E-state index in [1.165, 1.54) is 0 Å². The third kappa shape index (κ3) is 4.63. The Balaban J connectivity index is 3.30. The molecule has 0 heterocycles. The molecule has 114 valence electrons. The largest absolute Gasteiger partial charge is 0.536 e. The molecule has 7 nitrogen and oxygen atoms in total. The van der Waals surface area contributed by atoms with Crippen LogP contribution in [0.25, 0.3) is 0 Å². The third-order valence-electron chi connectivity index (χ3n) is 1.59. The molecule has 0 fully saturated rings. The molecule has 0 saturated carbocycles. The van der Waals surface area contributed by atoms with Crippen molar-refractivity contribution in [1.29, 1.82) is 0 Å². The Morgan fingerprint density at radius 2 is 1.10 bits per heavy atom. The molecule has 0 bridgehead atoms. The van der Waals surface area contributed by atoms with E-state index in [0.717, 1.165) is 0 Å². The standard InChI is InChI=1S/C6H3Cl5O7P2/c7-1-2(8)4(10)6(5(11)3(1)9)17-20(15,16)18-19(12,13)14/h(H,15,16)(H2,12,13,14). The van der Waals surface area contributed by atoms with Gasteiger partial charge in [0.15, 0.2) is 5.75 Å². The van der Waals surface area contributed by atoms with Crippen LogP contribution in [0.5, 0.6) is 5.75 Å². The van der Waals surface area contributed by atoms with Gasteiger partial charge in [0, 0.05) is 0 Å². The van der Waals surface area contributed by atoms with E-state index in [-0.39, 0.29) is 15.1 Å². The number of benzene rings is 1. The SMILES string of the molecule is O=P(O)(O)OP(=O)(O)Oc1c(Cl)c(Cl)c(Cl)c(Cl)c1Cl. The Bertz CT molecular complexity index is 614. The lowest BCUT2D eigenvalue weighted by molar-refractivity contribution is 0.229. The van der Waals surface area contributed by atoms with Gasteiger partial charge in [-0.05, 0) is 0 Å². The van der Waals surface area contributed by atoms with Crippen LogP contribution >= 0.6 is 73.7 Å². The fourth-order valence-electron chi connectivity index (χ4n) is 0.931. The average molecular weight is 426 g/mol. The van der Waals surface area contributed by atoms with Crippen LogP contribution < -0.4 is 4.52 Å². The second-order valence-corrected chi connectivity index (χ2v) is 7.67. The lowest BCUT2D eigenvalue weighted by Crippen LogP contribution is -1.98. The summed E-state index contributed by atoms with van der Waals surface area (Å²) in [5, 5.41) is -1.90. The summed E-state index contributed by atoms with van der Waals surface area (Å²) in [6.45, 7) is 0. The van der Waals surface area contributed by atoms with E-state index < -0.39 is 31.4 Å². The Morgan fingerprint density at radius 3 is 1.45 bits per heavy atom. The van der Waals surface area contributed by atoms with Gasteiger partial charge in [-0.3, -0.25) is 4.89 Å². The second-order valence-electron chi connectivity index (χ2n) is 3.03. The van der Waals surface area contributed by atoms with E-state index in [4.69, 9.17) is 67.8 Å². The molecule has 1 unspecified atom stereocenters. The van der Waals surface area contributed by atoms with E-state index in [9.17, 15) is 14.0 Å². The maximum atomic E-state index is 11.4. The van der Waals surface area contributed by atoms with Crippen LogP contribution in [0.1, 0.15) is 0 Å². The van der Waals surface area contributed by atoms with Gasteiger partial charge in [0.2, 0.25) is 0 Å². The zero-order valence-corrected chi connectivity index (χ0v) is 14.3. The molecule has 1 aromatic carbocycles. The molecule has 1 rings (SSSR count). The Hall–Kier alpha value is 0.770. The lowest BCUT2D eigenvalue weighted by atomic mass is 10.3. The molecular weight excluding hydrogens is 423 g/mol. The van der Waals surface area contributed by atoms with E-state index >= 15 is 0 Å². The van der Waals surface area contributed by atoms with Crippen LogP contribution in [0.2, 0.25) is 25.1 Å². The highest BCUT2D eigenvalue weighted by molar-refractivity contribution is 7.60. The van der Waals surface area contributed by atoms with Crippen molar-refractivity contribution in [3.63, 3.8) is 0 Å². The molecule has 0 amide bonds. The molecule has 0 aliphatic rings. The Morgan fingerprint density at radius 1 is 0.750 bits per heavy atom. The van der Waals surface area contributed by atoms with Crippen LogP contribution in [0.4, 0.5) is 0 Å². The zero-order chi connectivity index (χ0) is 15.9. The van der Waals surface area contributed by atoms with Crippen molar-refractivity contribution in [1.82, 2.24) is 0 Å². The van der Waals surface area contributed by atoms with Crippen molar-refractivity contribution in [3.8, 4) is 5.75 Å². The van der Waals surface area contributed by atoms with Crippen LogP contribution in [0.3, 0.4) is 0 Å². The average Bonchev–Trinajstić information content (AvgIpc) is 2.26. The summed E-state index contributed by atoms with van der Waals surface area (Å²) in [6.07, 6.45) is 0. The minimum atomic E-state index is -5.30. The first-order valence-electron chi connectivity index (χ1n) is 4.16. The van der Waals surface area contributed by atoms with Crippen molar-refractivity contribution in [3.05, 3.63) is 25.1 Å². The first kappa shape index (κ1) is 18.8. The van der Waals surface area contributed by atoms with Gasteiger partial charge in [-0.25, -0.2) is 9.13 Å². The smallest absolute Gasteiger partial charge is 0.401 e. The van der Waals surface area contributed by atoms with Crippen LogP contribution in [-0.2, 0) is 13.4 Å². The van der Waals surface area contributed by atoms with E-state index in [0.29, 0.717) is 0 Å². The minimum absolute atomic E-state index is 0.237. The predicted octanol–water partition coefficient (Wildman–Crippen LogP) is 4.54. The highest BCUT2D eigenvalue weighted by Crippen LogP contribution is 2.60. The molecule has 0 spiro atoms. The zero-order valence-electron chi connectivity index (χ0n) is 8.76. The molecule has 1 atom stereocenters. The van der Waals surface area contributed by atoms with E-state index in [2.05, 4.69) is 8.83 Å². The summed E-state index contributed by atoms with van der Waals surface area (Å²) in [7, 11) is -10.5. The molecule has 0 aliphatic heterocycles. The molecule has 20 heavy (non-hydrogen) atoms. The van der Waals surface area contributed by atoms with E-state index in [1.807, 2.05) is 0 Å². The van der Waals surface area contributed by atoms with Crippen LogP contribution in [0.15, 0.2) is 0 Å². The summed E-state index contributed by atoms with van der Waals surface area (Å²) < 4.78 is 29.8. The number of rotatable bonds is 4. The normalized spacial score (nSPS) is 15.0. The van der Waals surface area contributed by atoms with Crippen molar-refractivity contribution in [2.75, 3.05) is 0 Å². The summed E-state index contributed by atoms with van der Waals surface area (Å²) in [5.41, 5.74) is 0. The number of hydrogen-bond acceptors (Lipinski definition) is 4. The van der Waals surface area contributed by atoms with Gasteiger partial charge >= 0.3 is 15.6 Å². The molecule has 0 aliphatic carbocycles. The van der Waals surface area contributed by atoms with Crippen LogP contribution in [0, 0.1) is 0 Å². The summed E-state index contributed by atoms with van der Waals surface area (Å²) in [5.74, 6) is -0.716. The monoisotopic (exact) mass is 424 g/mol. The second kappa shape index (κ2) is 6.49. The van der Waals surface area contributed by atoms with Gasteiger partial charge in [-0.15, -0.1) is 0 Å². The highest BCUT2D eigenvalue weighted by Gasteiger charge is 2.36. The van der Waals surface area contributed by atoms with Crippen molar-refractivity contribution in [2.45, 2.75) is 0 Å². The number of phosphoric ester groups is 1. The summed E-state index contributed by atoms with van der Waals surface area (Å²) in [6, 6.07) is 0. The first-order valence-corrected chi connectivity index (χ1v) is 9.08. The lowest BCUT2D eigenvalue weighted by Gasteiger charge is -2.17. The topological polar surface area (TPSA) is 113 Å². The van der Waals surface area contributed by atoms with Crippen molar-refractivity contribution in [2.24, 2.45) is 0 Å². The van der Waals surface area contributed by atoms with Gasteiger partial charge in [0.25, 0.3) is 0 Å². The van der Waals surface area contributed by atoms with Gasteiger partial charge in [-0.1, -0.05) is 58.0 Å². The first-order chi connectivity index (χ1) is 8.86. The predicted molar refractivity (Wildman–Crippen MR) is 75.1 cm³/mol. The molecule has 0 saturated heterocycles. The molecule has 0 aromatic heterocycles. The van der Waals surface area contributed by atoms with Crippen LogP contribution in [-0.4, -0.2) is 14.7 Å². The van der Waals surface area contributed by atoms with Gasteiger partial charge in [0.1, 0.15) is 10.0 Å². The number of halogens is 5. The maximum Gasteiger partial charge on any atom is 0.536 e. The third-order valence-corrected chi connectivity index (χ3v) is 5.92. The van der Waals surface area contributed by atoms with Gasteiger partial charge in [0.05, 0.1) is 15.1 Å². The fraction of sp³-hybridized carbons (Fsp3) is 0. The molecule has 0 radical (unpaired) electrons. The molecular formula is C6H3Cl5O7P2. The van der Waals surface area contributed by atoms with E-state index in [1.54, 1.807) is 0 Å². The molecule has 3 N–H and O–H groups in total. The number of phosphoric acid groups is 2. The van der Waals surface area contributed by atoms with Crippen molar-refractivity contribution < 1.29 is 32.6 Å². The Kier molecular flexibility index (Phi) is 6.10. The van der Waals surface area contributed by atoms with Gasteiger partial charge < -0.3 is 14.3 Å². The quantitative estimate of drug-likeness (QED) is 0.368.